The highest BCUT2D eigenvalue weighted by Crippen LogP contribution is 2.35. The molecule has 0 unspecified atom stereocenters. The van der Waals surface area contributed by atoms with E-state index in [0.29, 0.717) is 23.8 Å². The molecule has 12 heteroatoms. The molecule has 0 spiro atoms. The van der Waals surface area contributed by atoms with E-state index in [1.54, 1.807) is 14.2 Å². The third kappa shape index (κ3) is 5.19. The van der Waals surface area contributed by atoms with Crippen LogP contribution in [0, 0.1) is 5.92 Å². The Morgan fingerprint density at radius 1 is 1.20 bits per heavy atom. The van der Waals surface area contributed by atoms with Crippen LogP contribution in [0.1, 0.15) is 19.3 Å². The summed E-state index contributed by atoms with van der Waals surface area (Å²) in [6.07, 6.45) is 2.28. The van der Waals surface area contributed by atoms with Gasteiger partial charge in [-0.05, 0) is 31.2 Å². The Balaban J connectivity index is 1.62. The molecule has 30 heavy (non-hydrogen) atoms. The van der Waals surface area contributed by atoms with E-state index in [-0.39, 0.29) is 6.54 Å². The molecule has 2 aromatic rings. The molecular formula is C18H25N5O6S. The minimum Gasteiger partial charge on any atom is -0.493 e. The SMILES string of the molecule is COc1cc2ncnc(N3CCC(CCNS(=O)(=O)NC(=O)O)CC3)c2cc1OC. The van der Waals surface area contributed by atoms with E-state index < -0.39 is 16.3 Å². The van der Waals surface area contributed by atoms with Crippen LogP contribution >= 0.6 is 0 Å². The number of methoxy groups -OCH3 is 2. The zero-order chi connectivity index (χ0) is 21.7. The van der Waals surface area contributed by atoms with Gasteiger partial charge in [0.2, 0.25) is 0 Å². The van der Waals surface area contributed by atoms with Crippen molar-refractivity contribution in [3.05, 3.63) is 18.5 Å². The Labute approximate surface area is 174 Å². The third-order valence-corrected chi connectivity index (χ3v) is 6.13. The third-order valence-electron chi connectivity index (χ3n) is 5.10. The fraction of sp³-hybridized carbons (Fsp3) is 0.500. The van der Waals surface area contributed by atoms with E-state index in [2.05, 4.69) is 19.6 Å². The molecule has 3 N–H and O–H groups in total. The Morgan fingerprint density at radius 3 is 2.50 bits per heavy atom. The summed E-state index contributed by atoms with van der Waals surface area (Å²) < 4.78 is 37.4. The van der Waals surface area contributed by atoms with Gasteiger partial charge in [0.05, 0.1) is 19.7 Å². The number of ether oxygens (including phenoxy) is 2. The zero-order valence-electron chi connectivity index (χ0n) is 16.8. The van der Waals surface area contributed by atoms with Crippen molar-refractivity contribution in [1.82, 2.24) is 19.4 Å². The second kappa shape index (κ2) is 9.30. The van der Waals surface area contributed by atoms with E-state index in [1.807, 2.05) is 12.1 Å². The number of benzene rings is 1. The van der Waals surface area contributed by atoms with Crippen molar-refractivity contribution in [2.45, 2.75) is 19.3 Å². The molecule has 0 aliphatic carbocycles. The number of nitrogens with one attached hydrogen (secondary N) is 2. The molecule has 1 aliphatic rings. The molecule has 164 valence electrons. The monoisotopic (exact) mass is 439 g/mol. The summed E-state index contributed by atoms with van der Waals surface area (Å²) in [6.45, 7) is 1.72. The fourth-order valence-electron chi connectivity index (χ4n) is 3.60. The topological polar surface area (TPSA) is 143 Å². The maximum atomic E-state index is 11.5. The molecule has 1 amide bonds. The number of piperidine rings is 1. The van der Waals surface area contributed by atoms with E-state index in [4.69, 9.17) is 14.6 Å². The van der Waals surface area contributed by atoms with Crippen molar-refractivity contribution in [2.24, 2.45) is 5.92 Å². The summed E-state index contributed by atoms with van der Waals surface area (Å²) in [5, 5.41) is 9.39. The number of carbonyl (C=O) groups is 1. The lowest BCUT2D eigenvalue weighted by Gasteiger charge is -2.33. The molecule has 1 aromatic heterocycles. The average Bonchev–Trinajstić information content (AvgIpc) is 2.71. The van der Waals surface area contributed by atoms with Crippen molar-refractivity contribution >= 4 is 33.0 Å². The molecule has 1 fully saturated rings. The van der Waals surface area contributed by atoms with Gasteiger partial charge < -0.3 is 19.5 Å². The largest absolute Gasteiger partial charge is 0.493 e. The quantitative estimate of drug-likeness (QED) is 0.555. The molecule has 0 bridgehead atoms. The number of anilines is 1. The molecule has 1 aliphatic heterocycles. The van der Waals surface area contributed by atoms with Crippen molar-refractivity contribution < 1.29 is 27.8 Å². The lowest BCUT2D eigenvalue weighted by molar-refractivity contribution is 0.201. The lowest BCUT2D eigenvalue weighted by Crippen LogP contribution is -2.41. The smallest absolute Gasteiger partial charge is 0.419 e. The fourth-order valence-corrected chi connectivity index (χ4v) is 4.29. The van der Waals surface area contributed by atoms with Crippen molar-refractivity contribution in [3.8, 4) is 11.5 Å². The summed E-state index contributed by atoms with van der Waals surface area (Å²) in [5.41, 5.74) is 0.764. The molecular weight excluding hydrogens is 414 g/mol. The van der Waals surface area contributed by atoms with Gasteiger partial charge in [-0.2, -0.15) is 13.1 Å². The highest BCUT2D eigenvalue weighted by molar-refractivity contribution is 7.88. The Kier molecular flexibility index (Phi) is 6.77. The Morgan fingerprint density at radius 2 is 1.87 bits per heavy atom. The van der Waals surface area contributed by atoms with Gasteiger partial charge in [-0.1, -0.05) is 0 Å². The minimum absolute atomic E-state index is 0.181. The second-order valence-corrected chi connectivity index (χ2v) is 8.45. The van der Waals surface area contributed by atoms with Gasteiger partial charge in [0, 0.05) is 31.1 Å². The van der Waals surface area contributed by atoms with E-state index in [9.17, 15) is 13.2 Å². The molecule has 1 aromatic carbocycles. The summed E-state index contributed by atoms with van der Waals surface area (Å²) in [7, 11) is -0.861. The van der Waals surface area contributed by atoms with Crippen molar-refractivity contribution in [1.29, 1.82) is 0 Å². The van der Waals surface area contributed by atoms with Gasteiger partial charge >= 0.3 is 16.3 Å². The molecule has 0 saturated carbocycles. The first kappa shape index (κ1) is 21.8. The Bertz CT molecular complexity index is 1010. The summed E-state index contributed by atoms with van der Waals surface area (Å²) in [4.78, 5) is 21.4. The molecule has 1 saturated heterocycles. The number of rotatable bonds is 8. The van der Waals surface area contributed by atoms with Gasteiger partial charge in [0.15, 0.2) is 11.5 Å². The summed E-state index contributed by atoms with van der Waals surface area (Å²) >= 11 is 0. The van der Waals surface area contributed by atoms with Crippen LogP contribution in [0.5, 0.6) is 11.5 Å². The standard InChI is InChI=1S/C18H25N5O6S/c1-28-15-9-13-14(10-16(15)29-2)19-11-20-17(13)23-7-4-12(5-8-23)3-6-21-30(26,27)22-18(24)25/h9-12,21-22H,3-8H2,1-2H3,(H,24,25). The van der Waals surface area contributed by atoms with Crippen LogP contribution in [-0.2, 0) is 10.2 Å². The number of hydrogen-bond donors (Lipinski definition) is 3. The van der Waals surface area contributed by atoms with Crippen LogP contribution in [-0.4, -0.2) is 63.4 Å². The number of amides is 1. The number of nitrogens with zero attached hydrogens (tertiary/aromatic N) is 3. The van der Waals surface area contributed by atoms with Gasteiger partial charge in [-0.3, -0.25) is 0 Å². The number of hydrogen-bond acceptors (Lipinski definition) is 8. The van der Waals surface area contributed by atoms with E-state index >= 15 is 0 Å². The molecule has 0 atom stereocenters. The maximum absolute atomic E-state index is 11.5. The first-order valence-electron chi connectivity index (χ1n) is 9.45. The van der Waals surface area contributed by atoms with Crippen LogP contribution < -0.4 is 23.8 Å². The van der Waals surface area contributed by atoms with Crippen LogP contribution in [0.2, 0.25) is 0 Å². The number of fused-ring (bicyclic) bond motifs is 1. The van der Waals surface area contributed by atoms with E-state index in [1.165, 1.54) is 11.0 Å². The predicted molar refractivity (Wildman–Crippen MR) is 110 cm³/mol. The average molecular weight is 439 g/mol. The molecule has 3 rings (SSSR count). The lowest BCUT2D eigenvalue weighted by atomic mass is 9.93. The summed E-state index contributed by atoms with van der Waals surface area (Å²) in [5.74, 6) is 2.37. The molecule has 2 heterocycles. The minimum atomic E-state index is -4.02. The predicted octanol–water partition coefficient (Wildman–Crippen LogP) is 1.36. The van der Waals surface area contributed by atoms with Crippen LogP contribution in [0.15, 0.2) is 18.5 Å². The van der Waals surface area contributed by atoms with Gasteiger partial charge in [0.25, 0.3) is 0 Å². The molecule has 0 radical (unpaired) electrons. The number of carboxylic acid groups (broad SMARTS) is 1. The van der Waals surface area contributed by atoms with Gasteiger partial charge in [-0.25, -0.2) is 19.5 Å². The second-order valence-electron chi connectivity index (χ2n) is 6.95. The highest BCUT2D eigenvalue weighted by Gasteiger charge is 2.23. The Hall–Kier alpha value is -2.86. The van der Waals surface area contributed by atoms with Crippen LogP contribution in [0.3, 0.4) is 0 Å². The van der Waals surface area contributed by atoms with Crippen molar-refractivity contribution in [2.75, 3.05) is 38.8 Å². The number of aromatic nitrogens is 2. The van der Waals surface area contributed by atoms with Crippen LogP contribution in [0.25, 0.3) is 10.9 Å². The zero-order valence-corrected chi connectivity index (χ0v) is 17.6. The first-order chi connectivity index (χ1) is 14.3. The molecule has 11 nitrogen and oxygen atoms in total. The summed E-state index contributed by atoms with van der Waals surface area (Å²) in [6, 6.07) is 3.70. The first-order valence-corrected chi connectivity index (χ1v) is 10.9. The maximum Gasteiger partial charge on any atom is 0.419 e. The van der Waals surface area contributed by atoms with Crippen molar-refractivity contribution in [3.63, 3.8) is 0 Å². The van der Waals surface area contributed by atoms with Gasteiger partial charge in [-0.15, -0.1) is 0 Å². The highest BCUT2D eigenvalue weighted by atomic mass is 32.2. The normalized spacial score (nSPS) is 15.2. The van der Waals surface area contributed by atoms with E-state index in [0.717, 1.165) is 42.7 Å². The van der Waals surface area contributed by atoms with Gasteiger partial charge in [0.1, 0.15) is 12.1 Å². The van der Waals surface area contributed by atoms with Crippen LogP contribution in [0.4, 0.5) is 10.6 Å².